The summed E-state index contributed by atoms with van der Waals surface area (Å²) in [6, 6.07) is 27.1. The van der Waals surface area contributed by atoms with Gasteiger partial charge < -0.3 is 15.1 Å². The van der Waals surface area contributed by atoms with Gasteiger partial charge in [-0.05, 0) is 49.2 Å². The molecule has 3 heterocycles. The molecule has 3 aromatic carbocycles. The van der Waals surface area contributed by atoms with Gasteiger partial charge in [-0.3, -0.25) is 19.3 Å². The predicted molar refractivity (Wildman–Crippen MR) is 164 cm³/mol. The monoisotopic (exact) mass is 561 g/mol. The van der Waals surface area contributed by atoms with Crippen LogP contribution in [0.15, 0.2) is 84.9 Å². The van der Waals surface area contributed by atoms with Gasteiger partial charge in [0, 0.05) is 74.4 Å². The molecule has 6 rings (SSSR count). The highest BCUT2D eigenvalue weighted by Crippen LogP contribution is 2.28. The van der Waals surface area contributed by atoms with Gasteiger partial charge in [-0.2, -0.15) is 0 Å². The molecular formula is C34H35N5O3. The number of amides is 3. The maximum atomic E-state index is 13.9. The van der Waals surface area contributed by atoms with E-state index in [-0.39, 0.29) is 17.7 Å². The SMILES string of the molecule is CC(=O)Nc1ccc(-c2cc(C(=O)N3CCN(C4CCN(C(=O)c5ccccc5)CC4)CC3)c3ccccc3n2)cc1. The van der Waals surface area contributed by atoms with Gasteiger partial charge in [0.2, 0.25) is 5.91 Å². The number of carbonyl (C=O) groups excluding carboxylic acids is 3. The van der Waals surface area contributed by atoms with Crippen LogP contribution >= 0.6 is 0 Å². The number of piperidine rings is 1. The van der Waals surface area contributed by atoms with E-state index in [1.165, 1.54) is 6.92 Å². The molecule has 1 N–H and O–H groups in total. The number of fused-ring (bicyclic) bond motifs is 1. The van der Waals surface area contributed by atoms with E-state index in [0.29, 0.717) is 24.7 Å². The molecule has 1 aromatic heterocycles. The molecule has 2 saturated heterocycles. The minimum atomic E-state index is -0.122. The average Bonchev–Trinajstić information content (AvgIpc) is 3.04. The van der Waals surface area contributed by atoms with Crippen LogP contribution in [0.2, 0.25) is 0 Å². The number of anilines is 1. The van der Waals surface area contributed by atoms with E-state index in [2.05, 4.69) is 10.2 Å². The zero-order valence-electron chi connectivity index (χ0n) is 23.8. The second kappa shape index (κ2) is 12.1. The number of nitrogens with one attached hydrogen (secondary N) is 1. The van der Waals surface area contributed by atoms with Crippen molar-refractivity contribution in [1.29, 1.82) is 0 Å². The third kappa shape index (κ3) is 5.90. The molecule has 4 aromatic rings. The summed E-state index contributed by atoms with van der Waals surface area (Å²) >= 11 is 0. The molecule has 0 unspecified atom stereocenters. The van der Waals surface area contributed by atoms with E-state index in [1.54, 1.807) is 0 Å². The molecule has 0 spiro atoms. The number of rotatable bonds is 5. The number of piperazine rings is 1. The van der Waals surface area contributed by atoms with Crippen LogP contribution in [0.4, 0.5) is 5.69 Å². The summed E-state index contributed by atoms with van der Waals surface area (Å²) in [6.45, 7) is 5.98. The summed E-state index contributed by atoms with van der Waals surface area (Å²) in [5.41, 5.74) is 4.50. The first-order chi connectivity index (χ1) is 20.5. The first-order valence-electron chi connectivity index (χ1n) is 14.6. The van der Waals surface area contributed by atoms with Crippen molar-refractivity contribution < 1.29 is 14.4 Å². The van der Waals surface area contributed by atoms with E-state index in [4.69, 9.17) is 4.98 Å². The minimum absolute atomic E-state index is 0.0210. The zero-order valence-corrected chi connectivity index (χ0v) is 23.8. The van der Waals surface area contributed by atoms with Gasteiger partial charge >= 0.3 is 0 Å². The van der Waals surface area contributed by atoms with Crippen LogP contribution in [0.3, 0.4) is 0 Å². The standard InChI is InChI=1S/C34H35N5O3/c1-24(40)35-27-13-11-25(12-14-27)32-23-30(29-9-5-6-10-31(29)36-32)34(42)39-21-19-37(20-22-39)28-15-17-38(18-16-28)33(41)26-7-3-2-4-8-26/h2-14,23,28H,15-22H2,1H3,(H,35,40). The van der Waals surface area contributed by atoms with Crippen molar-refractivity contribution >= 4 is 34.3 Å². The second-order valence-electron chi connectivity index (χ2n) is 11.0. The number of pyridine rings is 1. The van der Waals surface area contributed by atoms with Crippen molar-refractivity contribution in [3.63, 3.8) is 0 Å². The Balaban J connectivity index is 1.12. The molecule has 0 saturated carbocycles. The Morgan fingerprint density at radius 3 is 2.07 bits per heavy atom. The Hall–Kier alpha value is -4.56. The van der Waals surface area contributed by atoms with Crippen molar-refractivity contribution in [3.8, 4) is 11.3 Å². The highest BCUT2D eigenvalue weighted by atomic mass is 16.2. The molecule has 0 atom stereocenters. The number of aromatic nitrogens is 1. The lowest BCUT2D eigenvalue weighted by atomic mass is 10.0. The van der Waals surface area contributed by atoms with E-state index in [9.17, 15) is 14.4 Å². The smallest absolute Gasteiger partial charge is 0.254 e. The number of hydrogen-bond acceptors (Lipinski definition) is 5. The topological polar surface area (TPSA) is 85.9 Å². The Bertz CT molecular complexity index is 1590. The van der Waals surface area contributed by atoms with Gasteiger partial charge in [0.25, 0.3) is 11.8 Å². The van der Waals surface area contributed by atoms with Crippen molar-refractivity contribution in [3.05, 3.63) is 96.1 Å². The largest absolute Gasteiger partial charge is 0.339 e. The predicted octanol–water partition coefficient (Wildman–Crippen LogP) is 4.92. The molecule has 0 bridgehead atoms. The maximum Gasteiger partial charge on any atom is 0.254 e. The fourth-order valence-corrected chi connectivity index (χ4v) is 6.09. The maximum absolute atomic E-state index is 13.9. The number of benzene rings is 3. The third-order valence-electron chi connectivity index (χ3n) is 8.34. The Labute approximate surface area is 245 Å². The Morgan fingerprint density at radius 1 is 0.738 bits per heavy atom. The lowest BCUT2D eigenvalue weighted by Crippen LogP contribution is -2.54. The highest BCUT2D eigenvalue weighted by Gasteiger charge is 2.31. The normalized spacial score (nSPS) is 16.4. The lowest BCUT2D eigenvalue weighted by Gasteiger charge is -2.42. The van der Waals surface area contributed by atoms with Gasteiger partial charge in [-0.15, -0.1) is 0 Å². The third-order valence-corrected chi connectivity index (χ3v) is 8.34. The van der Waals surface area contributed by atoms with Crippen LogP contribution in [0.1, 0.15) is 40.5 Å². The molecule has 2 aliphatic heterocycles. The van der Waals surface area contributed by atoms with Gasteiger partial charge in [0.05, 0.1) is 16.8 Å². The molecule has 0 radical (unpaired) electrons. The van der Waals surface area contributed by atoms with Crippen LogP contribution in [0.25, 0.3) is 22.2 Å². The van der Waals surface area contributed by atoms with E-state index >= 15 is 0 Å². The summed E-state index contributed by atoms with van der Waals surface area (Å²) in [4.78, 5) is 49.4. The number of likely N-dealkylation sites (tertiary alicyclic amines) is 1. The van der Waals surface area contributed by atoms with Gasteiger partial charge in [0.1, 0.15) is 0 Å². The molecule has 8 heteroatoms. The van der Waals surface area contributed by atoms with Gasteiger partial charge in [0.15, 0.2) is 0 Å². The van der Waals surface area contributed by atoms with Crippen molar-refractivity contribution in [2.45, 2.75) is 25.8 Å². The van der Waals surface area contributed by atoms with E-state index < -0.39 is 0 Å². The van der Waals surface area contributed by atoms with Crippen molar-refractivity contribution in [1.82, 2.24) is 19.7 Å². The summed E-state index contributed by atoms with van der Waals surface area (Å²) in [6.07, 6.45) is 1.90. The summed E-state index contributed by atoms with van der Waals surface area (Å²) < 4.78 is 0. The minimum Gasteiger partial charge on any atom is -0.339 e. The molecule has 3 amide bonds. The molecule has 42 heavy (non-hydrogen) atoms. The molecular weight excluding hydrogens is 526 g/mol. The van der Waals surface area contributed by atoms with Crippen LogP contribution in [0, 0.1) is 0 Å². The van der Waals surface area contributed by atoms with Crippen molar-refractivity contribution in [2.75, 3.05) is 44.6 Å². The summed E-state index contributed by atoms with van der Waals surface area (Å²) in [7, 11) is 0. The summed E-state index contributed by atoms with van der Waals surface area (Å²) in [5.74, 6) is 0.00732. The molecule has 214 valence electrons. The quantitative estimate of drug-likeness (QED) is 0.374. The Morgan fingerprint density at radius 2 is 1.38 bits per heavy atom. The lowest BCUT2D eigenvalue weighted by molar-refractivity contribution is -0.114. The number of nitrogens with zero attached hydrogens (tertiary/aromatic N) is 4. The highest BCUT2D eigenvalue weighted by molar-refractivity contribution is 6.07. The van der Waals surface area contributed by atoms with Crippen LogP contribution in [0.5, 0.6) is 0 Å². The van der Waals surface area contributed by atoms with Gasteiger partial charge in [-0.1, -0.05) is 48.5 Å². The van der Waals surface area contributed by atoms with Crippen LogP contribution in [-0.4, -0.2) is 82.7 Å². The van der Waals surface area contributed by atoms with E-state index in [1.807, 2.05) is 94.7 Å². The number of carbonyl (C=O) groups is 3. The number of hydrogen-bond donors (Lipinski definition) is 1. The zero-order chi connectivity index (χ0) is 29.1. The fourth-order valence-electron chi connectivity index (χ4n) is 6.09. The van der Waals surface area contributed by atoms with E-state index in [0.717, 1.165) is 72.4 Å². The number of para-hydroxylation sites is 1. The van der Waals surface area contributed by atoms with Gasteiger partial charge in [-0.25, -0.2) is 4.98 Å². The second-order valence-corrected chi connectivity index (χ2v) is 11.0. The average molecular weight is 562 g/mol. The molecule has 2 aliphatic rings. The molecule has 2 fully saturated rings. The van der Waals surface area contributed by atoms with Crippen molar-refractivity contribution in [2.24, 2.45) is 0 Å². The van der Waals surface area contributed by atoms with Crippen LogP contribution in [-0.2, 0) is 4.79 Å². The van der Waals surface area contributed by atoms with Crippen LogP contribution < -0.4 is 5.32 Å². The summed E-state index contributed by atoms with van der Waals surface area (Å²) in [5, 5.41) is 3.63. The Kier molecular flexibility index (Phi) is 7.97. The molecule has 0 aliphatic carbocycles. The first-order valence-corrected chi connectivity index (χ1v) is 14.6. The first kappa shape index (κ1) is 27.6. The molecule has 8 nitrogen and oxygen atoms in total. The fraction of sp³-hybridized carbons (Fsp3) is 0.294.